The lowest BCUT2D eigenvalue weighted by molar-refractivity contribution is 0.649. The first-order valence-electron chi connectivity index (χ1n) is 7.35. The van der Waals surface area contributed by atoms with Gasteiger partial charge >= 0.3 is 0 Å². The number of hydrogen-bond donors (Lipinski definition) is 1. The van der Waals surface area contributed by atoms with Crippen molar-refractivity contribution in [1.82, 2.24) is 15.0 Å². The van der Waals surface area contributed by atoms with E-state index in [9.17, 15) is 0 Å². The Balaban J connectivity index is 1.52. The van der Waals surface area contributed by atoms with Crippen molar-refractivity contribution < 1.29 is 0 Å². The Morgan fingerprint density at radius 2 is 1.64 bits per heavy atom. The lowest BCUT2D eigenvalue weighted by Crippen LogP contribution is -2.46. The molecule has 0 unspecified atom stereocenters. The fourth-order valence-corrected chi connectivity index (χ4v) is 3.07. The molecule has 2 aromatic heterocycles. The monoisotopic (exact) mass is 313 g/mol. The Morgan fingerprint density at radius 1 is 0.909 bits per heavy atom. The second-order valence-electron chi connectivity index (χ2n) is 5.39. The third-order valence-corrected chi connectivity index (χ3v) is 4.36. The summed E-state index contributed by atoms with van der Waals surface area (Å²) in [4.78, 5) is 16.6. The summed E-state index contributed by atoms with van der Waals surface area (Å²) >= 11 is 5.95. The zero-order valence-corrected chi connectivity index (χ0v) is 12.8. The molecule has 1 fully saturated rings. The number of halogens is 1. The van der Waals surface area contributed by atoms with Crippen molar-refractivity contribution >= 4 is 34.1 Å². The number of H-pyrrole nitrogens is 1. The number of rotatable bonds is 2. The van der Waals surface area contributed by atoms with E-state index in [1.54, 1.807) is 6.33 Å². The third kappa shape index (κ3) is 2.37. The minimum atomic E-state index is 0.776. The maximum absolute atomic E-state index is 5.95. The Kier molecular flexibility index (Phi) is 3.35. The second-order valence-corrected chi connectivity index (χ2v) is 5.82. The van der Waals surface area contributed by atoms with Crippen LogP contribution >= 0.6 is 11.6 Å². The van der Waals surface area contributed by atoms with Crippen LogP contribution in [0.2, 0.25) is 5.02 Å². The molecule has 0 aliphatic carbocycles. The Labute approximate surface area is 133 Å². The molecule has 4 rings (SSSR count). The van der Waals surface area contributed by atoms with Gasteiger partial charge in [-0.3, -0.25) is 0 Å². The van der Waals surface area contributed by atoms with Crippen LogP contribution in [0.5, 0.6) is 0 Å². The molecule has 0 radical (unpaired) electrons. The van der Waals surface area contributed by atoms with Gasteiger partial charge in [-0.1, -0.05) is 11.6 Å². The number of aromatic amines is 1. The van der Waals surface area contributed by atoms with Crippen molar-refractivity contribution in [3.05, 3.63) is 47.9 Å². The zero-order chi connectivity index (χ0) is 14.9. The van der Waals surface area contributed by atoms with Crippen LogP contribution < -0.4 is 9.80 Å². The van der Waals surface area contributed by atoms with Crippen molar-refractivity contribution in [1.29, 1.82) is 0 Å². The predicted molar refractivity (Wildman–Crippen MR) is 89.8 cm³/mol. The highest BCUT2D eigenvalue weighted by molar-refractivity contribution is 6.30. The summed E-state index contributed by atoms with van der Waals surface area (Å²) in [5, 5.41) is 1.86. The van der Waals surface area contributed by atoms with Crippen molar-refractivity contribution in [2.24, 2.45) is 0 Å². The number of piperazine rings is 1. The van der Waals surface area contributed by atoms with Gasteiger partial charge < -0.3 is 14.8 Å². The van der Waals surface area contributed by atoms with Crippen LogP contribution in [0.3, 0.4) is 0 Å². The van der Waals surface area contributed by atoms with Crippen LogP contribution in [0.15, 0.2) is 42.9 Å². The van der Waals surface area contributed by atoms with Crippen molar-refractivity contribution in [2.45, 2.75) is 0 Å². The first-order valence-corrected chi connectivity index (χ1v) is 7.72. The largest absolute Gasteiger partial charge is 0.368 e. The molecule has 0 atom stereocenters. The first kappa shape index (κ1) is 13.4. The van der Waals surface area contributed by atoms with E-state index in [-0.39, 0.29) is 0 Å². The highest BCUT2D eigenvalue weighted by Gasteiger charge is 2.20. The van der Waals surface area contributed by atoms with Crippen LogP contribution in [-0.2, 0) is 0 Å². The summed E-state index contributed by atoms with van der Waals surface area (Å²) in [6.45, 7) is 3.83. The smallest absolute Gasteiger partial charge is 0.142 e. The van der Waals surface area contributed by atoms with Gasteiger partial charge in [-0.25, -0.2) is 9.97 Å². The number of hydrogen-bond acceptors (Lipinski definition) is 4. The van der Waals surface area contributed by atoms with Crippen LogP contribution in [-0.4, -0.2) is 41.1 Å². The number of nitrogens with zero attached hydrogens (tertiary/aromatic N) is 4. The summed E-state index contributed by atoms with van der Waals surface area (Å²) in [5.41, 5.74) is 2.11. The van der Waals surface area contributed by atoms with Gasteiger partial charge in [0.15, 0.2) is 0 Å². The molecule has 1 aliphatic rings. The van der Waals surface area contributed by atoms with E-state index in [0.29, 0.717) is 0 Å². The normalized spacial score (nSPS) is 15.5. The minimum absolute atomic E-state index is 0.776. The maximum Gasteiger partial charge on any atom is 0.142 e. The third-order valence-electron chi connectivity index (χ3n) is 4.10. The fourth-order valence-electron chi connectivity index (χ4n) is 2.94. The highest BCUT2D eigenvalue weighted by Crippen LogP contribution is 2.25. The van der Waals surface area contributed by atoms with Crippen LogP contribution in [0.1, 0.15) is 0 Å². The molecule has 3 aromatic rings. The number of fused-ring (bicyclic) bond motifs is 1. The molecule has 112 valence electrons. The van der Waals surface area contributed by atoms with E-state index in [1.807, 2.05) is 24.4 Å². The van der Waals surface area contributed by atoms with Crippen LogP contribution in [0.25, 0.3) is 11.0 Å². The van der Waals surface area contributed by atoms with E-state index in [1.165, 1.54) is 5.69 Å². The minimum Gasteiger partial charge on any atom is -0.368 e. The van der Waals surface area contributed by atoms with Crippen molar-refractivity contribution in [3.63, 3.8) is 0 Å². The first-order chi connectivity index (χ1) is 10.8. The lowest BCUT2D eigenvalue weighted by Gasteiger charge is -2.36. The molecule has 22 heavy (non-hydrogen) atoms. The molecule has 1 N–H and O–H groups in total. The molecule has 0 saturated carbocycles. The molecule has 0 amide bonds. The van der Waals surface area contributed by atoms with Gasteiger partial charge in [0, 0.05) is 43.1 Å². The number of aromatic nitrogens is 3. The second kappa shape index (κ2) is 5.50. The zero-order valence-electron chi connectivity index (χ0n) is 12.0. The number of benzene rings is 1. The molecule has 1 saturated heterocycles. The Morgan fingerprint density at radius 3 is 2.41 bits per heavy atom. The molecule has 0 bridgehead atoms. The molecule has 6 heteroatoms. The topological polar surface area (TPSA) is 48.1 Å². The molecule has 3 heterocycles. The quantitative estimate of drug-likeness (QED) is 0.790. The van der Waals surface area contributed by atoms with Gasteiger partial charge in [0.1, 0.15) is 17.8 Å². The Bertz CT molecular complexity index is 775. The number of nitrogens with one attached hydrogen (secondary N) is 1. The molecular formula is C16H16ClN5. The standard InChI is InChI=1S/C16H16ClN5/c17-12-1-3-13(4-2-12)21-7-9-22(10-8-21)16-14-5-6-18-15(14)19-11-20-16/h1-6,11H,7-10H2,(H,18,19,20). The Hall–Kier alpha value is -2.27. The van der Waals surface area contributed by atoms with E-state index in [0.717, 1.165) is 48.1 Å². The lowest BCUT2D eigenvalue weighted by atomic mass is 10.2. The summed E-state index contributed by atoms with van der Waals surface area (Å²) in [6.07, 6.45) is 3.53. The summed E-state index contributed by atoms with van der Waals surface area (Å²) in [6, 6.07) is 10.1. The average Bonchev–Trinajstić information content (AvgIpc) is 3.04. The van der Waals surface area contributed by atoms with Gasteiger partial charge in [0.25, 0.3) is 0 Å². The summed E-state index contributed by atoms with van der Waals surface area (Å²) in [7, 11) is 0. The highest BCUT2D eigenvalue weighted by atomic mass is 35.5. The summed E-state index contributed by atoms with van der Waals surface area (Å²) < 4.78 is 0. The van der Waals surface area contributed by atoms with Crippen LogP contribution in [0, 0.1) is 0 Å². The van der Waals surface area contributed by atoms with E-state index in [4.69, 9.17) is 11.6 Å². The van der Waals surface area contributed by atoms with Gasteiger partial charge in [-0.05, 0) is 30.3 Å². The van der Waals surface area contributed by atoms with E-state index >= 15 is 0 Å². The average molecular weight is 314 g/mol. The summed E-state index contributed by atoms with van der Waals surface area (Å²) in [5.74, 6) is 1.02. The maximum atomic E-state index is 5.95. The molecule has 0 spiro atoms. The number of anilines is 2. The molecule has 1 aliphatic heterocycles. The van der Waals surface area contributed by atoms with Crippen molar-refractivity contribution in [2.75, 3.05) is 36.0 Å². The van der Waals surface area contributed by atoms with Crippen molar-refractivity contribution in [3.8, 4) is 0 Å². The van der Waals surface area contributed by atoms with Gasteiger partial charge in [0.2, 0.25) is 0 Å². The predicted octanol–water partition coefficient (Wildman–Crippen LogP) is 2.94. The molecular weight excluding hydrogens is 298 g/mol. The van der Waals surface area contributed by atoms with E-state index in [2.05, 4.69) is 36.9 Å². The molecule has 5 nitrogen and oxygen atoms in total. The fraction of sp³-hybridized carbons (Fsp3) is 0.250. The van der Waals surface area contributed by atoms with Gasteiger partial charge in [0.05, 0.1) is 5.39 Å². The van der Waals surface area contributed by atoms with Gasteiger partial charge in [-0.2, -0.15) is 0 Å². The SMILES string of the molecule is Clc1ccc(N2CCN(c3ncnc4[nH]ccc34)CC2)cc1. The van der Waals surface area contributed by atoms with Crippen LogP contribution in [0.4, 0.5) is 11.5 Å². The van der Waals surface area contributed by atoms with E-state index < -0.39 is 0 Å². The van der Waals surface area contributed by atoms with Gasteiger partial charge in [-0.15, -0.1) is 0 Å². The molecule has 1 aromatic carbocycles.